The molecule has 6 nitrogen and oxygen atoms in total. The van der Waals surface area contributed by atoms with Crippen LogP contribution in [0.4, 0.5) is 4.39 Å². The zero-order chi connectivity index (χ0) is 24.3. The number of benzene rings is 2. The first-order chi connectivity index (χ1) is 15.5. The Bertz CT molecular complexity index is 1330. The van der Waals surface area contributed by atoms with Gasteiger partial charge in [0.1, 0.15) is 5.82 Å². The summed E-state index contributed by atoms with van der Waals surface area (Å²) in [7, 11) is -4.17. The summed E-state index contributed by atoms with van der Waals surface area (Å²) >= 11 is 0. The third-order valence-corrected chi connectivity index (χ3v) is 6.54. The number of aryl methyl sites for hydroxylation is 1. The number of aliphatic hydroxyl groups excluding tert-OH is 1. The van der Waals surface area contributed by atoms with Crippen molar-refractivity contribution < 1.29 is 28.9 Å². The van der Waals surface area contributed by atoms with Gasteiger partial charge in [0.25, 0.3) is 7.37 Å². The van der Waals surface area contributed by atoms with Gasteiger partial charge < -0.3 is 15.1 Å². The molecule has 33 heavy (non-hydrogen) atoms. The third-order valence-electron chi connectivity index (χ3n) is 5.17. The molecule has 3 N–H and O–H groups in total. The van der Waals surface area contributed by atoms with Crippen molar-refractivity contribution in [3.8, 4) is 22.8 Å². The predicted octanol–water partition coefficient (Wildman–Crippen LogP) is 4.89. The highest BCUT2D eigenvalue weighted by atomic mass is 31.2. The molecule has 172 valence electrons. The van der Waals surface area contributed by atoms with Crippen molar-refractivity contribution in [2.45, 2.75) is 39.2 Å². The summed E-state index contributed by atoms with van der Waals surface area (Å²) in [5, 5.41) is 19.4. The van der Waals surface area contributed by atoms with Crippen molar-refractivity contribution in [2.24, 2.45) is 0 Å². The van der Waals surface area contributed by atoms with Crippen LogP contribution < -0.4 is 0 Å². The second-order valence-corrected chi connectivity index (χ2v) is 10.2. The largest absolute Gasteiger partial charge is 0.481 e. The Labute approximate surface area is 191 Å². The number of aliphatic hydroxyl groups is 1. The van der Waals surface area contributed by atoms with Crippen molar-refractivity contribution in [3.05, 3.63) is 65.0 Å². The van der Waals surface area contributed by atoms with Crippen molar-refractivity contribution in [1.82, 2.24) is 4.98 Å². The van der Waals surface area contributed by atoms with Crippen LogP contribution in [0.1, 0.15) is 42.9 Å². The van der Waals surface area contributed by atoms with Crippen molar-refractivity contribution in [1.29, 1.82) is 0 Å². The Morgan fingerprint density at radius 3 is 2.55 bits per heavy atom. The highest BCUT2D eigenvalue weighted by molar-refractivity contribution is 7.63. The van der Waals surface area contributed by atoms with E-state index in [1.807, 2.05) is 38.1 Å². The van der Waals surface area contributed by atoms with E-state index < -0.39 is 32.0 Å². The number of hydrogen-bond donors (Lipinski definition) is 3. The maximum Gasteiger partial charge on any atom is 0.305 e. The lowest BCUT2D eigenvalue weighted by atomic mass is 9.90. The fraction of sp³-hybridized carbons (Fsp3) is 0.280. The van der Waals surface area contributed by atoms with Gasteiger partial charge in [-0.2, -0.15) is 0 Å². The first kappa shape index (κ1) is 24.6. The molecule has 0 spiro atoms. The van der Waals surface area contributed by atoms with Gasteiger partial charge in [-0.15, -0.1) is 0 Å². The Hall–Kier alpha value is -3.04. The molecule has 0 fully saturated rings. The number of rotatable bonds is 6. The van der Waals surface area contributed by atoms with Crippen LogP contribution in [0, 0.1) is 24.3 Å². The van der Waals surface area contributed by atoms with E-state index in [0.717, 1.165) is 10.9 Å². The molecule has 8 heteroatoms. The number of para-hydroxylation sites is 1. The molecule has 0 aliphatic heterocycles. The maximum absolute atomic E-state index is 13.9. The summed E-state index contributed by atoms with van der Waals surface area (Å²) in [5.74, 6) is 1.16. The fourth-order valence-electron chi connectivity index (χ4n) is 3.71. The SMILES string of the molecule is Cc1cc(-c2nc3ccccc3c(C(C)C)c2C#CP(=O)(O)CC(O)CC(=O)O)ccc1F. The van der Waals surface area contributed by atoms with Gasteiger partial charge in [0.05, 0.1) is 35.5 Å². The van der Waals surface area contributed by atoms with E-state index in [2.05, 4.69) is 11.6 Å². The van der Waals surface area contributed by atoms with E-state index in [9.17, 15) is 23.7 Å². The molecular weight excluding hydrogens is 444 g/mol. The summed E-state index contributed by atoms with van der Waals surface area (Å²) in [5.41, 5.74) is 5.86. The van der Waals surface area contributed by atoms with Gasteiger partial charge in [0.15, 0.2) is 0 Å². The topological polar surface area (TPSA) is 108 Å². The molecule has 1 heterocycles. The molecule has 0 aliphatic rings. The summed E-state index contributed by atoms with van der Waals surface area (Å²) in [6.07, 6.45) is -2.80. The number of fused-ring (bicyclic) bond motifs is 1. The van der Waals surface area contributed by atoms with Gasteiger partial charge in [0, 0.05) is 10.9 Å². The van der Waals surface area contributed by atoms with Crippen LogP contribution in [-0.4, -0.2) is 38.3 Å². The molecule has 0 amide bonds. The monoisotopic (exact) mass is 469 g/mol. The predicted molar refractivity (Wildman–Crippen MR) is 126 cm³/mol. The van der Waals surface area contributed by atoms with Crippen LogP contribution in [0.2, 0.25) is 0 Å². The molecule has 1 aromatic heterocycles. The van der Waals surface area contributed by atoms with Crippen LogP contribution in [0.25, 0.3) is 22.2 Å². The molecule has 3 rings (SSSR count). The summed E-state index contributed by atoms with van der Waals surface area (Å²) in [6.45, 7) is 5.59. The fourth-order valence-corrected chi connectivity index (χ4v) is 4.78. The summed E-state index contributed by atoms with van der Waals surface area (Å²) in [6, 6.07) is 12.1. The van der Waals surface area contributed by atoms with Crippen LogP contribution in [0.3, 0.4) is 0 Å². The zero-order valence-corrected chi connectivity index (χ0v) is 19.4. The number of carboxylic acids is 1. The molecule has 0 saturated carbocycles. The molecule has 0 saturated heterocycles. The molecule has 2 aromatic carbocycles. The third kappa shape index (κ3) is 5.85. The molecule has 3 aromatic rings. The minimum Gasteiger partial charge on any atom is -0.481 e. The standard InChI is InChI=1S/C25H25FNO5P/c1-15(2)24-19-6-4-5-7-22(19)27-25(17-8-9-21(26)16(3)12-17)20(24)10-11-33(31,32)14-18(28)13-23(29)30/h4-9,12,15,18,28H,13-14H2,1-3H3,(H,29,30)(H,31,32). The van der Waals surface area contributed by atoms with Gasteiger partial charge in [-0.05, 0) is 53.9 Å². The van der Waals surface area contributed by atoms with Gasteiger partial charge in [-0.1, -0.05) is 38.0 Å². The number of pyridine rings is 1. The number of hydrogen-bond acceptors (Lipinski definition) is 4. The number of carbonyl (C=O) groups is 1. The van der Waals surface area contributed by atoms with Gasteiger partial charge in [-0.25, -0.2) is 9.37 Å². The zero-order valence-electron chi connectivity index (χ0n) is 18.5. The van der Waals surface area contributed by atoms with Crippen LogP contribution in [0.15, 0.2) is 42.5 Å². The number of halogens is 1. The summed E-state index contributed by atoms with van der Waals surface area (Å²) < 4.78 is 26.5. The smallest absolute Gasteiger partial charge is 0.305 e. The maximum atomic E-state index is 13.9. The molecule has 0 bridgehead atoms. The van der Waals surface area contributed by atoms with Gasteiger partial charge in [0.2, 0.25) is 0 Å². The normalized spacial score (nSPS) is 13.9. The number of nitrogens with zero attached hydrogens (tertiary/aromatic N) is 1. The van der Waals surface area contributed by atoms with E-state index in [4.69, 9.17) is 10.1 Å². The lowest BCUT2D eigenvalue weighted by Gasteiger charge is -2.17. The molecule has 0 aliphatic carbocycles. The molecule has 0 radical (unpaired) electrons. The number of aliphatic carboxylic acids is 1. The number of aromatic nitrogens is 1. The van der Waals surface area contributed by atoms with Crippen molar-refractivity contribution in [2.75, 3.05) is 6.16 Å². The van der Waals surface area contributed by atoms with Crippen LogP contribution in [-0.2, 0) is 9.36 Å². The van der Waals surface area contributed by atoms with Crippen LogP contribution >= 0.6 is 7.37 Å². The Morgan fingerprint density at radius 2 is 1.91 bits per heavy atom. The highest BCUT2D eigenvalue weighted by Crippen LogP contribution is 2.41. The first-order valence-corrected chi connectivity index (χ1v) is 12.3. The average Bonchev–Trinajstić information content (AvgIpc) is 2.72. The van der Waals surface area contributed by atoms with E-state index in [-0.39, 0.29) is 11.7 Å². The lowest BCUT2D eigenvalue weighted by Crippen LogP contribution is -2.17. The van der Waals surface area contributed by atoms with Crippen molar-refractivity contribution >= 4 is 24.2 Å². The van der Waals surface area contributed by atoms with Gasteiger partial charge in [-0.3, -0.25) is 9.36 Å². The second kappa shape index (κ2) is 9.84. The van der Waals surface area contributed by atoms with Crippen LogP contribution in [0.5, 0.6) is 0 Å². The van der Waals surface area contributed by atoms with E-state index >= 15 is 0 Å². The van der Waals surface area contributed by atoms with Gasteiger partial charge >= 0.3 is 5.97 Å². The highest BCUT2D eigenvalue weighted by Gasteiger charge is 2.24. The van der Waals surface area contributed by atoms with E-state index in [1.54, 1.807) is 19.1 Å². The molecular formula is C25H25FNO5P. The lowest BCUT2D eigenvalue weighted by molar-refractivity contribution is -0.138. The van der Waals surface area contributed by atoms with E-state index in [1.165, 1.54) is 6.07 Å². The molecule has 2 unspecified atom stereocenters. The Balaban J connectivity index is 2.24. The van der Waals surface area contributed by atoms with E-state index in [0.29, 0.717) is 27.9 Å². The quantitative estimate of drug-likeness (QED) is 0.351. The minimum absolute atomic E-state index is 0.0156. The first-order valence-electron chi connectivity index (χ1n) is 10.4. The molecule has 2 atom stereocenters. The Morgan fingerprint density at radius 1 is 1.21 bits per heavy atom. The Kier molecular flexibility index (Phi) is 7.34. The summed E-state index contributed by atoms with van der Waals surface area (Å²) in [4.78, 5) is 25.8. The number of carboxylic acid groups (broad SMARTS) is 1. The average molecular weight is 469 g/mol. The van der Waals surface area contributed by atoms with Crippen molar-refractivity contribution in [3.63, 3.8) is 0 Å². The second-order valence-electron chi connectivity index (χ2n) is 8.26. The minimum atomic E-state index is -4.17.